The van der Waals surface area contributed by atoms with E-state index in [-0.39, 0.29) is 11.9 Å². The minimum atomic E-state index is -0.106. The lowest BCUT2D eigenvalue weighted by atomic mass is 9.97. The maximum absolute atomic E-state index is 11.7. The lowest BCUT2D eigenvalue weighted by Gasteiger charge is -2.15. The predicted octanol–water partition coefficient (Wildman–Crippen LogP) is 1.52. The molecule has 0 saturated carbocycles. The molecule has 0 radical (unpaired) electrons. The van der Waals surface area contributed by atoms with Gasteiger partial charge in [-0.2, -0.15) is 0 Å². The fraction of sp³-hybridized carbons (Fsp3) is 0.833. The Labute approximate surface area is 97.9 Å². The van der Waals surface area contributed by atoms with Crippen LogP contribution < -0.4 is 10.6 Å². The van der Waals surface area contributed by atoms with Crippen molar-refractivity contribution in [3.63, 3.8) is 0 Å². The molecule has 1 saturated heterocycles. The standard InChI is InChI=1S/C12H23N3O/c1-5-6-9(4)10-11(16)15-12(14-10)13-7-8(2)3/h8-10H,5-7H2,1-4H3,(H2,13,14,15,16). The number of aliphatic imine (C=N–C) groups is 1. The van der Waals surface area contributed by atoms with Crippen molar-refractivity contribution >= 4 is 11.9 Å². The van der Waals surface area contributed by atoms with E-state index in [0.29, 0.717) is 17.8 Å². The Morgan fingerprint density at radius 1 is 1.38 bits per heavy atom. The van der Waals surface area contributed by atoms with E-state index in [1.165, 1.54) is 0 Å². The van der Waals surface area contributed by atoms with Crippen LogP contribution in [0.4, 0.5) is 0 Å². The van der Waals surface area contributed by atoms with E-state index in [4.69, 9.17) is 0 Å². The molecule has 2 unspecified atom stereocenters. The lowest BCUT2D eigenvalue weighted by Crippen LogP contribution is -2.35. The van der Waals surface area contributed by atoms with E-state index in [1.54, 1.807) is 0 Å². The van der Waals surface area contributed by atoms with Crippen molar-refractivity contribution in [3.8, 4) is 0 Å². The maximum Gasteiger partial charge on any atom is 0.249 e. The van der Waals surface area contributed by atoms with Gasteiger partial charge in [-0.05, 0) is 18.3 Å². The van der Waals surface area contributed by atoms with E-state index < -0.39 is 0 Å². The monoisotopic (exact) mass is 225 g/mol. The number of guanidine groups is 1. The quantitative estimate of drug-likeness (QED) is 0.745. The molecule has 4 heteroatoms. The van der Waals surface area contributed by atoms with Gasteiger partial charge in [-0.3, -0.25) is 15.1 Å². The van der Waals surface area contributed by atoms with Crippen molar-refractivity contribution < 1.29 is 4.79 Å². The Kier molecular flexibility index (Phi) is 4.77. The minimum absolute atomic E-state index is 0.0588. The molecule has 0 aliphatic carbocycles. The summed E-state index contributed by atoms with van der Waals surface area (Å²) in [5.41, 5.74) is 0. The summed E-state index contributed by atoms with van der Waals surface area (Å²) in [5, 5.41) is 5.97. The van der Waals surface area contributed by atoms with Crippen LogP contribution in [0, 0.1) is 11.8 Å². The Morgan fingerprint density at radius 3 is 2.62 bits per heavy atom. The Bertz CT molecular complexity index is 273. The van der Waals surface area contributed by atoms with Crippen LogP contribution in [-0.4, -0.2) is 24.5 Å². The lowest BCUT2D eigenvalue weighted by molar-refractivity contribution is -0.121. The van der Waals surface area contributed by atoms with Crippen molar-refractivity contribution in [3.05, 3.63) is 0 Å². The van der Waals surface area contributed by atoms with Crippen LogP contribution in [0.2, 0.25) is 0 Å². The summed E-state index contributed by atoms with van der Waals surface area (Å²) < 4.78 is 0. The number of carbonyl (C=O) groups is 1. The van der Waals surface area contributed by atoms with Gasteiger partial charge in [0.05, 0.1) is 0 Å². The van der Waals surface area contributed by atoms with Gasteiger partial charge in [0.2, 0.25) is 5.91 Å². The molecular weight excluding hydrogens is 202 g/mol. The van der Waals surface area contributed by atoms with Gasteiger partial charge >= 0.3 is 0 Å². The summed E-state index contributed by atoms with van der Waals surface area (Å²) in [7, 11) is 0. The van der Waals surface area contributed by atoms with E-state index in [2.05, 4.69) is 43.3 Å². The zero-order valence-electron chi connectivity index (χ0n) is 10.7. The van der Waals surface area contributed by atoms with Crippen LogP contribution in [0.25, 0.3) is 0 Å². The summed E-state index contributed by atoms with van der Waals surface area (Å²) in [4.78, 5) is 16.0. The second-order valence-electron chi connectivity index (χ2n) is 4.96. The van der Waals surface area contributed by atoms with Crippen LogP contribution in [-0.2, 0) is 4.79 Å². The molecule has 0 aromatic rings. The summed E-state index contributed by atoms with van der Waals surface area (Å²) in [5.74, 6) is 1.57. The molecule has 1 aliphatic rings. The largest absolute Gasteiger partial charge is 0.344 e. The SMILES string of the molecule is CCCC(C)C1NC(=NCC(C)C)NC1=O. The van der Waals surface area contributed by atoms with E-state index in [1.807, 2.05) is 0 Å². The molecule has 1 heterocycles. The summed E-state index contributed by atoms with van der Waals surface area (Å²) in [6, 6.07) is -0.106. The molecule has 4 nitrogen and oxygen atoms in total. The number of carbonyl (C=O) groups excluding carboxylic acids is 1. The Morgan fingerprint density at radius 2 is 2.06 bits per heavy atom. The van der Waals surface area contributed by atoms with Gasteiger partial charge < -0.3 is 5.32 Å². The molecule has 1 rings (SSSR count). The van der Waals surface area contributed by atoms with Crippen LogP contribution in [0.1, 0.15) is 40.5 Å². The summed E-state index contributed by atoms with van der Waals surface area (Å²) in [6.45, 7) is 9.21. The smallest absolute Gasteiger partial charge is 0.249 e. The molecule has 0 aromatic heterocycles. The van der Waals surface area contributed by atoms with Gasteiger partial charge in [-0.1, -0.05) is 34.1 Å². The van der Waals surface area contributed by atoms with E-state index in [9.17, 15) is 4.79 Å². The molecule has 0 aromatic carbocycles. The van der Waals surface area contributed by atoms with Gasteiger partial charge in [0, 0.05) is 6.54 Å². The van der Waals surface area contributed by atoms with Crippen LogP contribution >= 0.6 is 0 Å². The number of hydrogen-bond donors (Lipinski definition) is 2. The molecule has 0 spiro atoms. The number of rotatable bonds is 5. The number of hydrogen-bond acceptors (Lipinski definition) is 2. The van der Waals surface area contributed by atoms with Crippen molar-refractivity contribution in [2.24, 2.45) is 16.8 Å². The number of nitrogens with zero attached hydrogens (tertiary/aromatic N) is 1. The van der Waals surface area contributed by atoms with Gasteiger partial charge in [0.25, 0.3) is 0 Å². The van der Waals surface area contributed by atoms with E-state index in [0.717, 1.165) is 19.4 Å². The van der Waals surface area contributed by atoms with E-state index >= 15 is 0 Å². The average Bonchev–Trinajstić information content (AvgIpc) is 2.57. The molecule has 16 heavy (non-hydrogen) atoms. The zero-order valence-corrected chi connectivity index (χ0v) is 10.7. The highest BCUT2D eigenvalue weighted by Gasteiger charge is 2.32. The first-order chi connectivity index (χ1) is 7.54. The predicted molar refractivity (Wildman–Crippen MR) is 66.3 cm³/mol. The molecule has 2 N–H and O–H groups in total. The fourth-order valence-electron chi connectivity index (χ4n) is 1.83. The molecule has 2 atom stereocenters. The normalized spacial score (nSPS) is 24.7. The fourth-order valence-corrected chi connectivity index (χ4v) is 1.83. The summed E-state index contributed by atoms with van der Waals surface area (Å²) in [6.07, 6.45) is 2.16. The first kappa shape index (κ1) is 13.0. The van der Waals surface area contributed by atoms with Gasteiger partial charge in [0.1, 0.15) is 6.04 Å². The van der Waals surface area contributed by atoms with Crippen molar-refractivity contribution in [1.29, 1.82) is 0 Å². The minimum Gasteiger partial charge on any atom is -0.344 e. The molecule has 1 amide bonds. The molecule has 1 aliphatic heterocycles. The first-order valence-corrected chi connectivity index (χ1v) is 6.16. The van der Waals surface area contributed by atoms with Crippen LogP contribution in [0.5, 0.6) is 0 Å². The topological polar surface area (TPSA) is 53.5 Å². The summed E-state index contributed by atoms with van der Waals surface area (Å²) >= 11 is 0. The molecule has 92 valence electrons. The third-order valence-corrected chi connectivity index (χ3v) is 2.74. The third-order valence-electron chi connectivity index (χ3n) is 2.74. The molecular formula is C12H23N3O. The highest BCUT2D eigenvalue weighted by molar-refractivity contribution is 6.06. The number of nitrogens with one attached hydrogen (secondary N) is 2. The highest BCUT2D eigenvalue weighted by Crippen LogP contribution is 2.13. The van der Waals surface area contributed by atoms with Gasteiger partial charge in [0.15, 0.2) is 5.96 Å². The average molecular weight is 225 g/mol. The second-order valence-corrected chi connectivity index (χ2v) is 4.96. The Hall–Kier alpha value is -1.06. The van der Waals surface area contributed by atoms with Crippen LogP contribution in [0.15, 0.2) is 4.99 Å². The Balaban J connectivity index is 2.53. The van der Waals surface area contributed by atoms with Crippen molar-refractivity contribution in [1.82, 2.24) is 10.6 Å². The first-order valence-electron chi connectivity index (χ1n) is 6.16. The van der Waals surface area contributed by atoms with Crippen molar-refractivity contribution in [2.45, 2.75) is 46.6 Å². The molecule has 0 bridgehead atoms. The zero-order chi connectivity index (χ0) is 12.1. The molecule has 1 fully saturated rings. The van der Waals surface area contributed by atoms with Gasteiger partial charge in [-0.25, -0.2) is 0 Å². The number of amides is 1. The third kappa shape index (κ3) is 3.51. The van der Waals surface area contributed by atoms with Gasteiger partial charge in [-0.15, -0.1) is 0 Å². The highest BCUT2D eigenvalue weighted by atomic mass is 16.2. The van der Waals surface area contributed by atoms with Crippen molar-refractivity contribution in [2.75, 3.05) is 6.54 Å². The second kappa shape index (κ2) is 5.87. The van der Waals surface area contributed by atoms with Crippen LogP contribution in [0.3, 0.4) is 0 Å². The maximum atomic E-state index is 11.7.